The number of ether oxygens (including phenoxy) is 2. The van der Waals surface area contributed by atoms with E-state index < -0.39 is 0 Å². The second-order valence-corrected chi connectivity index (χ2v) is 5.86. The summed E-state index contributed by atoms with van der Waals surface area (Å²) in [5.74, 6) is 1.74. The lowest BCUT2D eigenvalue weighted by Gasteiger charge is -2.19. The van der Waals surface area contributed by atoms with Crippen molar-refractivity contribution in [1.29, 1.82) is 0 Å². The van der Waals surface area contributed by atoms with Crippen molar-refractivity contribution in [3.8, 4) is 11.5 Å². The Kier molecular flexibility index (Phi) is 3.81. The minimum absolute atomic E-state index is 0.0599. The Morgan fingerprint density at radius 1 is 1.17 bits per heavy atom. The van der Waals surface area contributed by atoms with Crippen LogP contribution in [0.15, 0.2) is 12.1 Å². The second kappa shape index (κ2) is 5.19. The molecule has 1 aromatic rings. The number of hydrogen-bond acceptors (Lipinski definition) is 3. The van der Waals surface area contributed by atoms with Crippen LogP contribution in [0.4, 0.5) is 0 Å². The van der Waals surface area contributed by atoms with Crippen LogP contribution >= 0.6 is 0 Å². The van der Waals surface area contributed by atoms with Crippen LogP contribution in [0, 0.1) is 12.3 Å². The van der Waals surface area contributed by atoms with E-state index in [1.54, 1.807) is 0 Å². The number of nitrogens with two attached hydrogens (primary N) is 1. The minimum Gasteiger partial charge on any atom is -0.489 e. The van der Waals surface area contributed by atoms with Gasteiger partial charge in [0.15, 0.2) is 11.5 Å². The van der Waals surface area contributed by atoms with E-state index in [0.717, 1.165) is 30.9 Å². The van der Waals surface area contributed by atoms with E-state index in [-0.39, 0.29) is 5.41 Å². The van der Waals surface area contributed by atoms with E-state index in [0.29, 0.717) is 13.2 Å². The molecule has 1 aliphatic heterocycles. The van der Waals surface area contributed by atoms with Crippen LogP contribution in [-0.2, 0) is 6.42 Å². The van der Waals surface area contributed by atoms with Crippen molar-refractivity contribution in [1.82, 2.24) is 0 Å². The van der Waals surface area contributed by atoms with Crippen LogP contribution in [0.3, 0.4) is 0 Å². The first kappa shape index (κ1) is 13.2. The van der Waals surface area contributed by atoms with Gasteiger partial charge < -0.3 is 15.2 Å². The molecule has 2 N–H and O–H groups in total. The number of fused-ring (bicyclic) bond motifs is 1. The van der Waals surface area contributed by atoms with E-state index in [2.05, 4.69) is 32.9 Å². The topological polar surface area (TPSA) is 44.5 Å². The monoisotopic (exact) mass is 249 g/mol. The van der Waals surface area contributed by atoms with Crippen molar-refractivity contribution in [2.75, 3.05) is 19.8 Å². The maximum atomic E-state index is 5.88. The van der Waals surface area contributed by atoms with Crippen LogP contribution in [0.2, 0.25) is 0 Å². The smallest absolute Gasteiger partial charge is 0.161 e. The van der Waals surface area contributed by atoms with Gasteiger partial charge in [-0.2, -0.15) is 0 Å². The molecular formula is C15H23NO2. The first-order valence-corrected chi connectivity index (χ1v) is 6.61. The zero-order valence-corrected chi connectivity index (χ0v) is 11.6. The van der Waals surface area contributed by atoms with Gasteiger partial charge in [-0.3, -0.25) is 0 Å². The molecule has 1 aromatic carbocycles. The predicted octanol–water partition coefficient (Wildman–Crippen LogP) is 2.68. The van der Waals surface area contributed by atoms with Gasteiger partial charge in [0.2, 0.25) is 0 Å². The van der Waals surface area contributed by atoms with Crippen molar-refractivity contribution in [3.05, 3.63) is 23.3 Å². The van der Waals surface area contributed by atoms with Crippen LogP contribution in [-0.4, -0.2) is 19.8 Å². The fraction of sp³-hybridized carbons (Fsp3) is 0.600. The molecule has 0 spiro atoms. The van der Waals surface area contributed by atoms with Crippen molar-refractivity contribution >= 4 is 0 Å². The molecule has 100 valence electrons. The summed E-state index contributed by atoms with van der Waals surface area (Å²) in [4.78, 5) is 0. The normalized spacial score (nSPS) is 17.3. The second-order valence-electron chi connectivity index (χ2n) is 5.86. The molecule has 3 heteroatoms. The lowest BCUT2D eigenvalue weighted by atomic mass is 9.97. The van der Waals surface area contributed by atoms with Gasteiger partial charge in [0.1, 0.15) is 0 Å². The van der Waals surface area contributed by atoms with Gasteiger partial charge in [0, 0.05) is 5.41 Å². The predicted molar refractivity (Wildman–Crippen MR) is 73.3 cm³/mol. The molecule has 2 rings (SSSR count). The summed E-state index contributed by atoms with van der Waals surface area (Å²) >= 11 is 0. The molecule has 1 heterocycles. The summed E-state index contributed by atoms with van der Waals surface area (Å²) in [5, 5.41) is 0. The lowest BCUT2D eigenvalue weighted by molar-refractivity contribution is 0.140. The number of benzene rings is 1. The van der Waals surface area contributed by atoms with Gasteiger partial charge in [-0.15, -0.1) is 0 Å². The molecule has 0 aromatic heterocycles. The Morgan fingerprint density at radius 2 is 1.78 bits per heavy atom. The number of rotatable bonds is 3. The molecule has 0 atom stereocenters. The molecule has 3 nitrogen and oxygen atoms in total. The van der Waals surface area contributed by atoms with Crippen LogP contribution in [0.1, 0.15) is 31.4 Å². The molecule has 0 saturated heterocycles. The zero-order valence-electron chi connectivity index (χ0n) is 11.6. The van der Waals surface area contributed by atoms with Crippen molar-refractivity contribution in [2.24, 2.45) is 11.1 Å². The maximum Gasteiger partial charge on any atom is 0.161 e. The van der Waals surface area contributed by atoms with E-state index in [9.17, 15) is 0 Å². The summed E-state index contributed by atoms with van der Waals surface area (Å²) in [6.45, 7) is 8.54. The Morgan fingerprint density at radius 3 is 2.39 bits per heavy atom. The SMILES string of the molecule is Cc1cc2c(cc1CCCN)OCC(C)(C)CO2. The van der Waals surface area contributed by atoms with E-state index in [4.69, 9.17) is 15.2 Å². The van der Waals surface area contributed by atoms with Gasteiger partial charge in [-0.05, 0) is 49.6 Å². The highest BCUT2D eigenvalue weighted by Gasteiger charge is 2.25. The molecule has 0 radical (unpaired) electrons. The molecule has 1 aliphatic rings. The average molecular weight is 249 g/mol. The van der Waals surface area contributed by atoms with E-state index >= 15 is 0 Å². The zero-order chi connectivity index (χ0) is 13.2. The van der Waals surface area contributed by atoms with Crippen molar-refractivity contribution < 1.29 is 9.47 Å². The first-order valence-electron chi connectivity index (χ1n) is 6.61. The van der Waals surface area contributed by atoms with Crippen molar-refractivity contribution in [2.45, 2.75) is 33.6 Å². The largest absolute Gasteiger partial charge is 0.489 e. The van der Waals surface area contributed by atoms with Crippen LogP contribution in [0.25, 0.3) is 0 Å². The summed E-state index contributed by atoms with van der Waals surface area (Å²) in [5.41, 5.74) is 8.19. The first-order chi connectivity index (χ1) is 8.52. The van der Waals surface area contributed by atoms with Crippen molar-refractivity contribution in [3.63, 3.8) is 0 Å². The van der Waals surface area contributed by atoms with Gasteiger partial charge in [0.05, 0.1) is 13.2 Å². The third-order valence-corrected chi connectivity index (χ3v) is 3.29. The maximum absolute atomic E-state index is 5.88. The summed E-state index contributed by atoms with van der Waals surface area (Å²) in [6.07, 6.45) is 2.01. The lowest BCUT2D eigenvalue weighted by Crippen LogP contribution is -2.26. The summed E-state index contributed by atoms with van der Waals surface area (Å²) < 4.78 is 11.7. The molecule has 0 fully saturated rings. The van der Waals surface area contributed by atoms with E-state index in [1.165, 1.54) is 11.1 Å². The van der Waals surface area contributed by atoms with Gasteiger partial charge in [-0.25, -0.2) is 0 Å². The third kappa shape index (κ3) is 2.96. The number of aryl methyl sites for hydroxylation is 2. The molecule has 0 bridgehead atoms. The highest BCUT2D eigenvalue weighted by molar-refractivity contribution is 5.47. The minimum atomic E-state index is 0.0599. The number of hydrogen-bond donors (Lipinski definition) is 1. The van der Waals surface area contributed by atoms with Crippen LogP contribution < -0.4 is 15.2 Å². The van der Waals surface area contributed by atoms with Gasteiger partial charge >= 0.3 is 0 Å². The Balaban J connectivity index is 2.24. The highest BCUT2D eigenvalue weighted by Crippen LogP contribution is 2.36. The Labute approximate surface area is 109 Å². The molecule has 18 heavy (non-hydrogen) atoms. The molecule has 0 saturated carbocycles. The highest BCUT2D eigenvalue weighted by atomic mass is 16.5. The molecular weight excluding hydrogens is 226 g/mol. The van der Waals surface area contributed by atoms with Gasteiger partial charge in [-0.1, -0.05) is 13.8 Å². The molecule has 0 unspecified atom stereocenters. The Hall–Kier alpha value is -1.22. The van der Waals surface area contributed by atoms with E-state index in [1.807, 2.05) is 0 Å². The summed E-state index contributed by atoms with van der Waals surface area (Å²) in [6, 6.07) is 4.20. The fourth-order valence-corrected chi connectivity index (χ4v) is 2.08. The fourth-order valence-electron chi connectivity index (χ4n) is 2.08. The van der Waals surface area contributed by atoms with Gasteiger partial charge in [0.25, 0.3) is 0 Å². The molecule has 0 aliphatic carbocycles. The van der Waals surface area contributed by atoms with Crippen LogP contribution in [0.5, 0.6) is 11.5 Å². The summed E-state index contributed by atoms with van der Waals surface area (Å²) in [7, 11) is 0. The standard InChI is InChI=1S/C15H23NO2/c1-11-7-13-14(8-12(11)5-4-6-16)18-10-15(2,3)9-17-13/h7-8H,4-6,9-10,16H2,1-3H3. The Bertz CT molecular complexity index is 427. The molecule has 0 amide bonds. The third-order valence-electron chi connectivity index (χ3n) is 3.29. The average Bonchev–Trinajstić information content (AvgIpc) is 2.46. The quantitative estimate of drug-likeness (QED) is 0.895.